The lowest BCUT2D eigenvalue weighted by atomic mass is 9.70. The molecule has 0 aliphatic carbocycles. The predicted octanol–water partition coefficient (Wildman–Crippen LogP) is 4.78. The van der Waals surface area contributed by atoms with Crippen molar-refractivity contribution >= 4 is 11.7 Å². The van der Waals surface area contributed by atoms with Gasteiger partial charge >= 0.3 is 0 Å². The van der Waals surface area contributed by atoms with Crippen LogP contribution in [0.2, 0.25) is 0 Å². The number of hydrogen-bond acceptors (Lipinski definition) is 2. The summed E-state index contributed by atoms with van der Waals surface area (Å²) in [4.78, 5) is 19.6. The zero-order valence-electron chi connectivity index (χ0n) is 15.8. The summed E-state index contributed by atoms with van der Waals surface area (Å²) in [5, 5.41) is 0. The molecule has 1 unspecified atom stereocenters. The van der Waals surface area contributed by atoms with Gasteiger partial charge in [-0.15, -0.1) is 0 Å². The molecule has 1 amide bonds. The standard InChI is InChI=1S/C19H32N2O/c1-17(2,3)14-12-10-11-13(22)21(12)16(19(7,8)9)20-15(14)18(4,5)6/h15H,10-11H2,1-9H3. The number of allylic oxidation sites excluding steroid dienone is 1. The van der Waals surface area contributed by atoms with Gasteiger partial charge in [-0.1, -0.05) is 62.3 Å². The third kappa shape index (κ3) is 2.87. The number of rotatable bonds is 0. The second-order valence-electron chi connectivity index (χ2n) is 9.81. The number of fused-ring (bicyclic) bond motifs is 1. The molecule has 0 N–H and O–H groups in total. The van der Waals surface area contributed by atoms with Crippen molar-refractivity contribution < 1.29 is 4.79 Å². The number of aliphatic imine (C=N–C) groups is 1. The predicted molar refractivity (Wildman–Crippen MR) is 92.7 cm³/mol. The molecule has 0 aromatic carbocycles. The van der Waals surface area contributed by atoms with Gasteiger partial charge in [0.15, 0.2) is 0 Å². The quantitative estimate of drug-likeness (QED) is 0.634. The molecule has 0 saturated carbocycles. The largest absolute Gasteiger partial charge is 0.274 e. The average Bonchev–Trinajstić information content (AvgIpc) is 2.66. The van der Waals surface area contributed by atoms with E-state index in [0.29, 0.717) is 6.42 Å². The molecule has 1 atom stereocenters. The fraction of sp³-hybridized carbons (Fsp3) is 0.789. The van der Waals surface area contributed by atoms with Gasteiger partial charge in [-0.3, -0.25) is 14.7 Å². The van der Waals surface area contributed by atoms with Crippen LogP contribution >= 0.6 is 0 Å². The van der Waals surface area contributed by atoms with Crippen LogP contribution in [0.1, 0.15) is 75.2 Å². The van der Waals surface area contributed by atoms with Crippen molar-refractivity contribution in [2.45, 2.75) is 81.2 Å². The maximum Gasteiger partial charge on any atom is 0.232 e. The maximum absolute atomic E-state index is 12.5. The van der Waals surface area contributed by atoms with Crippen LogP contribution in [0.25, 0.3) is 0 Å². The number of carbonyl (C=O) groups excluding carboxylic acids is 1. The summed E-state index contributed by atoms with van der Waals surface area (Å²) in [5.74, 6) is 1.15. The van der Waals surface area contributed by atoms with Crippen LogP contribution in [0.3, 0.4) is 0 Å². The topological polar surface area (TPSA) is 32.7 Å². The van der Waals surface area contributed by atoms with E-state index >= 15 is 0 Å². The summed E-state index contributed by atoms with van der Waals surface area (Å²) in [7, 11) is 0. The Hall–Kier alpha value is -1.12. The van der Waals surface area contributed by atoms with Crippen LogP contribution in [-0.4, -0.2) is 22.7 Å². The molecule has 0 bridgehead atoms. The molecule has 0 radical (unpaired) electrons. The van der Waals surface area contributed by atoms with Crippen LogP contribution in [-0.2, 0) is 4.79 Å². The Morgan fingerprint density at radius 1 is 0.909 bits per heavy atom. The van der Waals surface area contributed by atoms with Crippen molar-refractivity contribution in [2.75, 3.05) is 0 Å². The minimum Gasteiger partial charge on any atom is -0.274 e. The number of nitrogens with zero attached hydrogens (tertiary/aromatic N) is 2. The number of hydrogen-bond donors (Lipinski definition) is 0. The number of carbonyl (C=O) groups is 1. The van der Waals surface area contributed by atoms with Crippen molar-refractivity contribution in [3.05, 3.63) is 11.3 Å². The van der Waals surface area contributed by atoms with Gasteiger partial charge in [0.25, 0.3) is 0 Å². The van der Waals surface area contributed by atoms with Crippen molar-refractivity contribution in [1.82, 2.24) is 4.90 Å². The monoisotopic (exact) mass is 304 g/mol. The first-order valence-electron chi connectivity index (χ1n) is 8.39. The zero-order chi connectivity index (χ0) is 17.1. The molecular weight excluding hydrogens is 272 g/mol. The van der Waals surface area contributed by atoms with Gasteiger partial charge in [0, 0.05) is 17.5 Å². The lowest BCUT2D eigenvalue weighted by Crippen LogP contribution is -2.48. The van der Waals surface area contributed by atoms with Crippen molar-refractivity contribution in [3.8, 4) is 0 Å². The van der Waals surface area contributed by atoms with Crippen molar-refractivity contribution in [2.24, 2.45) is 21.2 Å². The Kier molecular flexibility index (Phi) is 3.87. The van der Waals surface area contributed by atoms with E-state index in [1.165, 1.54) is 11.3 Å². The van der Waals surface area contributed by atoms with E-state index in [4.69, 9.17) is 4.99 Å². The first-order valence-corrected chi connectivity index (χ1v) is 8.39. The maximum atomic E-state index is 12.5. The van der Waals surface area contributed by atoms with Gasteiger partial charge in [0.1, 0.15) is 5.84 Å². The highest BCUT2D eigenvalue weighted by molar-refractivity contribution is 6.05. The molecule has 1 saturated heterocycles. The van der Waals surface area contributed by atoms with E-state index in [2.05, 4.69) is 62.3 Å². The molecule has 0 aromatic rings. The normalized spacial score (nSPS) is 23.9. The highest BCUT2D eigenvalue weighted by Crippen LogP contribution is 2.47. The van der Waals surface area contributed by atoms with Gasteiger partial charge < -0.3 is 0 Å². The summed E-state index contributed by atoms with van der Waals surface area (Å²) < 4.78 is 0. The zero-order valence-corrected chi connectivity index (χ0v) is 15.8. The second kappa shape index (κ2) is 4.94. The third-order valence-electron chi connectivity index (χ3n) is 4.44. The molecule has 0 spiro atoms. The van der Waals surface area contributed by atoms with E-state index in [-0.39, 0.29) is 28.2 Å². The molecule has 22 heavy (non-hydrogen) atoms. The summed E-state index contributed by atoms with van der Waals surface area (Å²) in [6.45, 7) is 19.9. The van der Waals surface area contributed by atoms with E-state index in [0.717, 1.165) is 12.3 Å². The van der Waals surface area contributed by atoms with E-state index in [1.54, 1.807) is 0 Å². The summed E-state index contributed by atoms with van der Waals surface area (Å²) in [6.07, 6.45) is 1.47. The van der Waals surface area contributed by atoms with Gasteiger partial charge in [-0.05, 0) is 22.8 Å². The first-order chi connectivity index (χ1) is 9.74. The highest BCUT2D eigenvalue weighted by Gasteiger charge is 2.46. The van der Waals surface area contributed by atoms with Gasteiger partial charge in [-0.2, -0.15) is 0 Å². The van der Waals surface area contributed by atoms with Gasteiger partial charge in [0.2, 0.25) is 5.91 Å². The van der Waals surface area contributed by atoms with Crippen LogP contribution in [0.5, 0.6) is 0 Å². The molecule has 2 aliphatic heterocycles. The highest BCUT2D eigenvalue weighted by atomic mass is 16.2. The first kappa shape index (κ1) is 17.2. The van der Waals surface area contributed by atoms with Crippen LogP contribution in [0, 0.1) is 16.2 Å². The second-order valence-corrected chi connectivity index (χ2v) is 9.81. The Bertz CT molecular complexity index is 547. The summed E-state index contributed by atoms with van der Waals surface area (Å²) in [5.41, 5.74) is 2.50. The van der Waals surface area contributed by atoms with Crippen molar-refractivity contribution in [1.29, 1.82) is 0 Å². The molecule has 2 rings (SSSR count). The molecule has 2 aliphatic rings. The molecule has 3 nitrogen and oxygen atoms in total. The smallest absolute Gasteiger partial charge is 0.232 e. The molecule has 0 aromatic heterocycles. The molecular formula is C19H32N2O. The molecule has 1 fully saturated rings. The van der Waals surface area contributed by atoms with Crippen LogP contribution < -0.4 is 0 Å². The fourth-order valence-electron chi connectivity index (χ4n) is 3.50. The molecule has 3 heteroatoms. The van der Waals surface area contributed by atoms with Crippen molar-refractivity contribution in [3.63, 3.8) is 0 Å². The Morgan fingerprint density at radius 2 is 1.45 bits per heavy atom. The number of amides is 1. The molecule has 124 valence electrons. The summed E-state index contributed by atoms with van der Waals surface area (Å²) >= 11 is 0. The van der Waals surface area contributed by atoms with E-state index < -0.39 is 0 Å². The lowest BCUT2D eigenvalue weighted by Gasteiger charge is -2.45. The molecule has 2 heterocycles. The van der Waals surface area contributed by atoms with E-state index in [1.807, 2.05) is 4.90 Å². The van der Waals surface area contributed by atoms with E-state index in [9.17, 15) is 4.79 Å². The Labute approximate surface area is 135 Å². The Balaban J connectivity index is 2.72. The minimum atomic E-state index is -0.127. The average molecular weight is 304 g/mol. The lowest BCUT2D eigenvalue weighted by molar-refractivity contribution is -0.124. The van der Waals surface area contributed by atoms with Crippen LogP contribution in [0.15, 0.2) is 16.3 Å². The minimum absolute atomic E-state index is 0.0169. The number of amidine groups is 1. The van der Waals surface area contributed by atoms with Crippen LogP contribution in [0.4, 0.5) is 0 Å². The van der Waals surface area contributed by atoms with Gasteiger partial charge in [-0.25, -0.2) is 0 Å². The SMILES string of the molecule is CC(C)(C)C1=NC(C(C)(C)C)C(C(C)(C)C)=C2CCC(=O)N12. The summed E-state index contributed by atoms with van der Waals surface area (Å²) in [6, 6.07) is 0.138. The van der Waals surface area contributed by atoms with Gasteiger partial charge in [0.05, 0.1) is 6.04 Å². The fourth-order valence-corrected chi connectivity index (χ4v) is 3.50. The third-order valence-corrected chi connectivity index (χ3v) is 4.44. The Morgan fingerprint density at radius 3 is 1.86 bits per heavy atom.